The quantitative estimate of drug-likeness (QED) is 0.495. The normalized spacial score (nSPS) is 12.1. The van der Waals surface area contributed by atoms with Gasteiger partial charge >= 0.3 is 12.1 Å². The average Bonchev–Trinajstić information content (AvgIpc) is 2.41. The second kappa shape index (κ2) is 11.6. The summed E-state index contributed by atoms with van der Waals surface area (Å²) in [5.74, 6) is -0.419. The highest BCUT2D eigenvalue weighted by Crippen LogP contribution is 2.06. The summed E-state index contributed by atoms with van der Waals surface area (Å²) in [6.45, 7) is 8.53. The van der Waals surface area contributed by atoms with Gasteiger partial charge in [-0.05, 0) is 18.8 Å². The molecule has 20 heavy (non-hydrogen) atoms. The van der Waals surface area contributed by atoms with Crippen LogP contribution >= 0.6 is 0 Å². The molecule has 5 heteroatoms. The molecule has 0 unspecified atom stereocenters. The molecule has 0 aromatic carbocycles. The van der Waals surface area contributed by atoms with E-state index < -0.39 is 12.1 Å². The lowest BCUT2D eigenvalue weighted by molar-refractivity contribution is -0.147. The number of rotatable bonds is 10. The average molecular weight is 287 g/mol. The maximum Gasteiger partial charge on any atom is 0.407 e. The number of nitrogens with one attached hydrogen (secondary N) is 1. The van der Waals surface area contributed by atoms with Crippen molar-refractivity contribution in [3.8, 4) is 0 Å². The Morgan fingerprint density at radius 2 is 1.65 bits per heavy atom. The predicted octanol–water partition coefficient (Wildman–Crippen LogP) is 3.27. The van der Waals surface area contributed by atoms with Gasteiger partial charge in [0, 0.05) is 0 Å². The third-order valence-corrected chi connectivity index (χ3v) is 2.87. The van der Waals surface area contributed by atoms with E-state index in [2.05, 4.69) is 12.2 Å². The lowest BCUT2D eigenvalue weighted by atomic mass is 10.1. The standard InChI is InChI=1S/C15H29NO4/c1-5-7-8-9-11-19-14(17)13(12(3)4)16-15(18)20-10-6-2/h12-13H,5-11H2,1-4H3,(H,16,18)/t13-/m0/s1. The van der Waals surface area contributed by atoms with Crippen LogP contribution in [-0.2, 0) is 14.3 Å². The summed E-state index contributed by atoms with van der Waals surface area (Å²) < 4.78 is 10.1. The minimum atomic E-state index is -0.648. The zero-order chi connectivity index (χ0) is 15.4. The second-order valence-corrected chi connectivity index (χ2v) is 5.23. The summed E-state index contributed by atoms with van der Waals surface area (Å²) in [7, 11) is 0. The summed E-state index contributed by atoms with van der Waals surface area (Å²) in [4.78, 5) is 23.4. The molecule has 0 spiro atoms. The molecule has 0 aliphatic rings. The third kappa shape index (κ3) is 8.77. The molecule has 0 bridgehead atoms. The number of alkyl carbamates (subject to hydrolysis) is 1. The first-order valence-electron chi connectivity index (χ1n) is 7.62. The Balaban J connectivity index is 4.09. The Morgan fingerprint density at radius 3 is 2.20 bits per heavy atom. The van der Waals surface area contributed by atoms with Crippen LogP contribution in [0.3, 0.4) is 0 Å². The lowest BCUT2D eigenvalue weighted by Gasteiger charge is -2.20. The fourth-order valence-electron chi connectivity index (χ4n) is 1.65. The smallest absolute Gasteiger partial charge is 0.407 e. The third-order valence-electron chi connectivity index (χ3n) is 2.87. The molecule has 0 saturated heterocycles. The number of unbranched alkanes of at least 4 members (excludes halogenated alkanes) is 3. The molecule has 5 nitrogen and oxygen atoms in total. The summed E-state index contributed by atoms with van der Waals surface area (Å²) in [5, 5.41) is 2.57. The van der Waals surface area contributed by atoms with E-state index >= 15 is 0 Å². The van der Waals surface area contributed by atoms with Gasteiger partial charge in [-0.2, -0.15) is 0 Å². The van der Waals surface area contributed by atoms with E-state index in [0.717, 1.165) is 32.1 Å². The van der Waals surface area contributed by atoms with Gasteiger partial charge in [-0.25, -0.2) is 9.59 Å². The van der Waals surface area contributed by atoms with Crippen LogP contribution in [0.15, 0.2) is 0 Å². The molecule has 1 atom stereocenters. The van der Waals surface area contributed by atoms with Crippen LogP contribution in [0.2, 0.25) is 0 Å². The largest absolute Gasteiger partial charge is 0.464 e. The Labute approximate surface area is 122 Å². The first kappa shape index (κ1) is 18.7. The molecule has 1 N–H and O–H groups in total. The van der Waals surface area contributed by atoms with Crippen molar-refractivity contribution in [3.05, 3.63) is 0 Å². The van der Waals surface area contributed by atoms with Crippen molar-refractivity contribution in [2.24, 2.45) is 5.92 Å². The van der Waals surface area contributed by atoms with Crippen LogP contribution < -0.4 is 5.32 Å². The summed E-state index contributed by atoms with van der Waals surface area (Å²) in [5.41, 5.74) is 0. The number of hydrogen-bond donors (Lipinski definition) is 1. The van der Waals surface area contributed by atoms with Gasteiger partial charge in [0.25, 0.3) is 0 Å². The second-order valence-electron chi connectivity index (χ2n) is 5.23. The molecule has 0 aliphatic carbocycles. The van der Waals surface area contributed by atoms with Crippen LogP contribution in [0.1, 0.15) is 59.8 Å². The fraction of sp³-hybridized carbons (Fsp3) is 0.867. The van der Waals surface area contributed by atoms with E-state index in [0.29, 0.717) is 13.2 Å². The molecule has 1 amide bonds. The van der Waals surface area contributed by atoms with Crippen LogP contribution in [0, 0.1) is 5.92 Å². The highest BCUT2D eigenvalue weighted by molar-refractivity contribution is 5.81. The van der Waals surface area contributed by atoms with Crippen molar-refractivity contribution in [1.29, 1.82) is 0 Å². The monoisotopic (exact) mass is 287 g/mol. The highest BCUT2D eigenvalue weighted by Gasteiger charge is 2.26. The molecule has 0 rings (SSSR count). The van der Waals surface area contributed by atoms with E-state index in [1.165, 1.54) is 0 Å². The van der Waals surface area contributed by atoms with Gasteiger partial charge in [0.05, 0.1) is 13.2 Å². The molecule has 0 radical (unpaired) electrons. The molecule has 0 heterocycles. The fourth-order valence-corrected chi connectivity index (χ4v) is 1.65. The van der Waals surface area contributed by atoms with E-state index in [-0.39, 0.29) is 11.9 Å². The first-order chi connectivity index (χ1) is 9.52. The maximum atomic E-state index is 11.9. The highest BCUT2D eigenvalue weighted by atomic mass is 16.6. The number of esters is 1. The van der Waals surface area contributed by atoms with Crippen LogP contribution in [0.5, 0.6) is 0 Å². The van der Waals surface area contributed by atoms with Gasteiger partial charge in [-0.1, -0.05) is 47.0 Å². The van der Waals surface area contributed by atoms with Gasteiger partial charge in [-0.15, -0.1) is 0 Å². The van der Waals surface area contributed by atoms with Crippen LogP contribution in [0.25, 0.3) is 0 Å². The Morgan fingerprint density at radius 1 is 0.950 bits per heavy atom. The number of hydrogen-bond acceptors (Lipinski definition) is 4. The van der Waals surface area contributed by atoms with Gasteiger partial charge < -0.3 is 14.8 Å². The van der Waals surface area contributed by atoms with Crippen molar-refractivity contribution in [1.82, 2.24) is 5.32 Å². The first-order valence-corrected chi connectivity index (χ1v) is 7.62. The van der Waals surface area contributed by atoms with E-state index in [9.17, 15) is 9.59 Å². The van der Waals surface area contributed by atoms with Crippen molar-refractivity contribution in [2.45, 2.75) is 65.8 Å². The minimum absolute atomic E-state index is 0.0349. The molecule has 0 fully saturated rings. The van der Waals surface area contributed by atoms with Crippen LogP contribution in [0.4, 0.5) is 4.79 Å². The Kier molecular flexibility index (Phi) is 10.8. The molecule has 0 aromatic heterocycles. The van der Waals surface area contributed by atoms with Gasteiger partial charge in [0.1, 0.15) is 6.04 Å². The molecule has 0 aromatic rings. The Hall–Kier alpha value is -1.26. The van der Waals surface area contributed by atoms with E-state index in [1.807, 2.05) is 20.8 Å². The van der Waals surface area contributed by atoms with Crippen molar-refractivity contribution >= 4 is 12.1 Å². The molecular weight excluding hydrogens is 258 g/mol. The number of carbonyl (C=O) groups is 2. The maximum absolute atomic E-state index is 11.9. The van der Waals surface area contributed by atoms with Gasteiger partial charge in [-0.3, -0.25) is 0 Å². The number of ether oxygens (including phenoxy) is 2. The van der Waals surface area contributed by atoms with Crippen molar-refractivity contribution < 1.29 is 19.1 Å². The number of carbonyl (C=O) groups excluding carboxylic acids is 2. The lowest BCUT2D eigenvalue weighted by Crippen LogP contribution is -2.45. The van der Waals surface area contributed by atoms with Gasteiger partial charge in [0.2, 0.25) is 0 Å². The Bertz CT molecular complexity index is 279. The van der Waals surface area contributed by atoms with Crippen LogP contribution in [-0.4, -0.2) is 31.3 Å². The molecular formula is C15H29NO4. The van der Waals surface area contributed by atoms with Crippen molar-refractivity contribution in [3.63, 3.8) is 0 Å². The molecule has 0 aliphatic heterocycles. The zero-order valence-electron chi connectivity index (χ0n) is 13.2. The summed E-state index contributed by atoms with van der Waals surface area (Å²) in [6, 6.07) is -0.648. The van der Waals surface area contributed by atoms with E-state index in [1.54, 1.807) is 0 Å². The SMILES string of the molecule is CCCCCCOC(=O)[C@@H](NC(=O)OCCC)C(C)C. The zero-order valence-corrected chi connectivity index (χ0v) is 13.2. The molecule has 0 saturated carbocycles. The molecule has 118 valence electrons. The topological polar surface area (TPSA) is 64.6 Å². The van der Waals surface area contributed by atoms with Gasteiger partial charge in [0.15, 0.2) is 0 Å². The van der Waals surface area contributed by atoms with Crippen molar-refractivity contribution in [2.75, 3.05) is 13.2 Å². The predicted molar refractivity (Wildman–Crippen MR) is 78.5 cm³/mol. The van der Waals surface area contributed by atoms with E-state index in [4.69, 9.17) is 9.47 Å². The summed E-state index contributed by atoms with van der Waals surface area (Å²) >= 11 is 0. The summed E-state index contributed by atoms with van der Waals surface area (Å²) in [6.07, 6.45) is 4.41. The minimum Gasteiger partial charge on any atom is -0.464 e. The number of amides is 1.